The van der Waals surface area contributed by atoms with Crippen molar-refractivity contribution >= 4 is 5.78 Å². The fraction of sp³-hybridized carbons (Fsp3) is 0.938. The molecule has 2 rings (SSSR count). The Hall–Kier alpha value is -0.370. The largest absolute Gasteiger partial charge is 0.298 e. The van der Waals surface area contributed by atoms with Crippen LogP contribution in [-0.4, -0.2) is 29.3 Å². The monoisotopic (exact) mass is 251 g/mol. The van der Waals surface area contributed by atoms with Gasteiger partial charge in [-0.3, -0.25) is 9.69 Å². The lowest BCUT2D eigenvalue weighted by Crippen LogP contribution is -2.50. The highest BCUT2D eigenvalue weighted by atomic mass is 16.1. The predicted molar refractivity (Wildman–Crippen MR) is 75.7 cm³/mol. The van der Waals surface area contributed by atoms with Crippen LogP contribution in [0.1, 0.15) is 71.6 Å². The van der Waals surface area contributed by atoms with E-state index < -0.39 is 0 Å². The molecule has 0 aromatic rings. The van der Waals surface area contributed by atoms with E-state index in [0.717, 1.165) is 19.5 Å². The van der Waals surface area contributed by atoms with Crippen molar-refractivity contribution in [1.82, 2.24) is 4.90 Å². The summed E-state index contributed by atoms with van der Waals surface area (Å²) in [6, 6.07) is 0. The Kier molecular flexibility index (Phi) is 4.83. The molecule has 0 amide bonds. The summed E-state index contributed by atoms with van der Waals surface area (Å²) in [5, 5.41) is 0. The summed E-state index contributed by atoms with van der Waals surface area (Å²) in [6.45, 7) is 6.53. The fourth-order valence-corrected chi connectivity index (χ4v) is 3.53. The van der Waals surface area contributed by atoms with Crippen molar-refractivity contribution in [1.29, 1.82) is 0 Å². The Bertz CT molecular complexity index is 271. The second-order valence-electron chi connectivity index (χ2n) is 6.74. The third-order valence-electron chi connectivity index (χ3n) is 5.03. The molecular weight excluding hydrogens is 222 g/mol. The van der Waals surface area contributed by atoms with Crippen molar-refractivity contribution in [2.24, 2.45) is 5.92 Å². The number of nitrogens with zero attached hydrogens (tertiary/aromatic N) is 1. The van der Waals surface area contributed by atoms with Crippen LogP contribution >= 0.6 is 0 Å². The summed E-state index contributed by atoms with van der Waals surface area (Å²) < 4.78 is 0. The van der Waals surface area contributed by atoms with Crippen molar-refractivity contribution in [3.63, 3.8) is 0 Å². The molecule has 0 spiro atoms. The first-order valence-corrected chi connectivity index (χ1v) is 7.89. The molecule has 0 unspecified atom stereocenters. The first-order chi connectivity index (χ1) is 8.60. The van der Waals surface area contributed by atoms with Crippen LogP contribution in [0.3, 0.4) is 0 Å². The van der Waals surface area contributed by atoms with Crippen LogP contribution in [-0.2, 0) is 4.79 Å². The average Bonchev–Trinajstić information content (AvgIpc) is 2.68. The zero-order valence-corrected chi connectivity index (χ0v) is 12.2. The first kappa shape index (κ1) is 14.0. The highest BCUT2D eigenvalue weighted by molar-refractivity contribution is 5.87. The van der Waals surface area contributed by atoms with Crippen LogP contribution in [0.15, 0.2) is 0 Å². The molecule has 1 saturated heterocycles. The van der Waals surface area contributed by atoms with E-state index in [1.54, 1.807) is 0 Å². The number of hydrogen-bond donors (Lipinski definition) is 0. The van der Waals surface area contributed by atoms with Gasteiger partial charge in [0.15, 0.2) is 5.78 Å². The highest BCUT2D eigenvalue weighted by Crippen LogP contribution is 2.31. The van der Waals surface area contributed by atoms with Crippen molar-refractivity contribution in [3.8, 4) is 0 Å². The molecule has 104 valence electrons. The Morgan fingerprint density at radius 3 is 2.11 bits per heavy atom. The maximum absolute atomic E-state index is 12.6. The molecule has 0 atom stereocenters. The summed E-state index contributed by atoms with van der Waals surface area (Å²) in [6.07, 6.45) is 11.3. The van der Waals surface area contributed by atoms with Gasteiger partial charge in [0.05, 0.1) is 5.54 Å². The van der Waals surface area contributed by atoms with Gasteiger partial charge in [0.25, 0.3) is 0 Å². The molecule has 0 radical (unpaired) electrons. The van der Waals surface area contributed by atoms with Crippen LogP contribution < -0.4 is 0 Å². The van der Waals surface area contributed by atoms with Crippen molar-refractivity contribution in [3.05, 3.63) is 0 Å². The summed E-state index contributed by atoms with van der Waals surface area (Å²) in [7, 11) is 0. The van der Waals surface area contributed by atoms with Gasteiger partial charge in [0, 0.05) is 6.42 Å². The van der Waals surface area contributed by atoms with E-state index in [4.69, 9.17) is 0 Å². The van der Waals surface area contributed by atoms with E-state index in [2.05, 4.69) is 18.7 Å². The van der Waals surface area contributed by atoms with Gasteiger partial charge in [-0.1, -0.05) is 38.5 Å². The average molecular weight is 251 g/mol. The molecule has 1 saturated carbocycles. The Balaban J connectivity index is 1.92. The summed E-state index contributed by atoms with van der Waals surface area (Å²) in [5.74, 6) is 1.17. The molecule has 0 N–H and O–H groups in total. The second kappa shape index (κ2) is 6.18. The minimum Gasteiger partial charge on any atom is -0.298 e. The summed E-state index contributed by atoms with van der Waals surface area (Å²) >= 11 is 0. The molecule has 1 aliphatic carbocycles. The lowest BCUT2D eigenvalue weighted by atomic mass is 9.88. The Labute approximate surface area is 112 Å². The Morgan fingerprint density at radius 1 is 1.00 bits per heavy atom. The predicted octanol–water partition coefficient (Wildman–Crippen LogP) is 3.79. The van der Waals surface area contributed by atoms with Gasteiger partial charge in [0.2, 0.25) is 0 Å². The van der Waals surface area contributed by atoms with E-state index >= 15 is 0 Å². The number of likely N-dealkylation sites (tertiary alicyclic amines) is 1. The molecule has 2 fully saturated rings. The van der Waals surface area contributed by atoms with Gasteiger partial charge in [-0.2, -0.15) is 0 Å². The van der Waals surface area contributed by atoms with E-state index in [0.29, 0.717) is 11.7 Å². The molecule has 0 aromatic heterocycles. The standard InChI is InChI=1S/C16H29NO/c1-16(2,17-11-7-3-4-8-12-17)15(18)13-14-9-5-6-10-14/h14H,3-13H2,1-2H3. The van der Waals surface area contributed by atoms with Gasteiger partial charge in [-0.05, 0) is 45.7 Å². The van der Waals surface area contributed by atoms with Gasteiger partial charge < -0.3 is 0 Å². The van der Waals surface area contributed by atoms with E-state index in [1.807, 2.05) is 0 Å². The second-order valence-corrected chi connectivity index (χ2v) is 6.74. The molecule has 2 aliphatic rings. The van der Waals surface area contributed by atoms with Crippen LogP contribution in [0.2, 0.25) is 0 Å². The molecule has 0 aromatic carbocycles. The van der Waals surface area contributed by atoms with Crippen molar-refractivity contribution in [2.45, 2.75) is 77.2 Å². The number of carbonyl (C=O) groups excluding carboxylic acids is 1. The number of ketones is 1. The minimum absolute atomic E-state index is 0.229. The van der Waals surface area contributed by atoms with Crippen LogP contribution in [0, 0.1) is 5.92 Å². The molecular formula is C16H29NO. The van der Waals surface area contributed by atoms with Crippen LogP contribution in [0.25, 0.3) is 0 Å². The highest BCUT2D eigenvalue weighted by Gasteiger charge is 2.35. The maximum atomic E-state index is 12.6. The summed E-state index contributed by atoms with van der Waals surface area (Å²) in [4.78, 5) is 15.0. The smallest absolute Gasteiger partial charge is 0.152 e. The number of hydrogen-bond acceptors (Lipinski definition) is 2. The van der Waals surface area contributed by atoms with Gasteiger partial charge in [-0.25, -0.2) is 0 Å². The third kappa shape index (κ3) is 3.34. The molecule has 18 heavy (non-hydrogen) atoms. The normalized spacial score (nSPS) is 24.1. The van der Waals surface area contributed by atoms with Gasteiger partial charge >= 0.3 is 0 Å². The fourth-order valence-electron chi connectivity index (χ4n) is 3.53. The van der Waals surface area contributed by atoms with E-state index in [1.165, 1.54) is 51.4 Å². The SMILES string of the molecule is CC(C)(C(=O)CC1CCCC1)N1CCCCCC1. The minimum atomic E-state index is -0.229. The first-order valence-electron chi connectivity index (χ1n) is 7.89. The Morgan fingerprint density at radius 2 is 1.56 bits per heavy atom. The van der Waals surface area contributed by atoms with Crippen molar-refractivity contribution < 1.29 is 4.79 Å². The van der Waals surface area contributed by atoms with Crippen LogP contribution in [0.5, 0.6) is 0 Å². The molecule has 2 heteroatoms. The third-order valence-corrected chi connectivity index (χ3v) is 5.03. The number of carbonyl (C=O) groups is 1. The number of rotatable bonds is 4. The topological polar surface area (TPSA) is 20.3 Å². The van der Waals surface area contributed by atoms with Crippen molar-refractivity contribution in [2.75, 3.05) is 13.1 Å². The van der Waals surface area contributed by atoms with E-state index in [-0.39, 0.29) is 5.54 Å². The molecule has 2 nitrogen and oxygen atoms in total. The van der Waals surface area contributed by atoms with Crippen LogP contribution in [0.4, 0.5) is 0 Å². The summed E-state index contributed by atoms with van der Waals surface area (Å²) in [5.41, 5.74) is -0.229. The molecule has 0 bridgehead atoms. The van der Waals surface area contributed by atoms with Gasteiger partial charge in [-0.15, -0.1) is 0 Å². The maximum Gasteiger partial charge on any atom is 0.152 e. The zero-order chi connectivity index (χ0) is 13.0. The quantitative estimate of drug-likeness (QED) is 0.757. The van der Waals surface area contributed by atoms with Gasteiger partial charge in [0.1, 0.15) is 0 Å². The molecule has 1 aliphatic heterocycles. The molecule has 1 heterocycles. The number of Topliss-reactive ketones (excluding diaryl/α,β-unsaturated/α-hetero) is 1. The van der Waals surface area contributed by atoms with E-state index in [9.17, 15) is 4.79 Å². The lowest BCUT2D eigenvalue weighted by molar-refractivity contribution is -0.130. The lowest BCUT2D eigenvalue weighted by Gasteiger charge is -2.37. The zero-order valence-electron chi connectivity index (χ0n) is 12.2.